The number of carbonyl (C=O) groups is 1. The van der Waals surface area contributed by atoms with Crippen LogP contribution in [-0.2, 0) is 11.2 Å². The summed E-state index contributed by atoms with van der Waals surface area (Å²) in [5, 5.41) is 3.72. The number of aromatic amines is 1. The number of likely N-dealkylation sites (N-methyl/N-ethyl adjacent to an activating group) is 1. The van der Waals surface area contributed by atoms with Gasteiger partial charge in [-0.3, -0.25) is 9.69 Å². The second kappa shape index (κ2) is 10.5. The topological polar surface area (TPSA) is 73.9 Å². The third-order valence-electron chi connectivity index (χ3n) is 4.29. The number of hydrogen-bond acceptors (Lipinski definition) is 7. The molecule has 0 fully saturated rings. The molecule has 6 nitrogen and oxygen atoms in total. The molecule has 0 bridgehead atoms. The van der Waals surface area contributed by atoms with Gasteiger partial charge in [0.1, 0.15) is 0 Å². The van der Waals surface area contributed by atoms with Gasteiger partial charge < -0.3 is 10.3 Å². The molecule has 0 aliphatic heterocycles. The van der Waals surface area contributed by atoms with Crippen LogP contribution in [0.25, 0.3) is 10.2 Å². The molecule has 3 aromatic rings. The number of imidazole rings is 1. The Morgan fingerprint density at radius 3 is 2.83 bits per heavy atom. The monoisotopic (exact) mass is 449 g/mol. The van der Waals surface area contributed by atoms with E-state index in [0.717, 1.165) is 37.4 Å². The molecular weight excluding hydrogens is 422 g/mol. The van der Waals surface area contributed by atoms with Crippen molar-refractivity contribution in [2.24, 2.45) is 0 Å². The summed E-state index contributed by atoms with van der Waals surface area (Å²) >= 11 is 5.46. The fourth-order valence-corrected chi connectivity index (χ4v) is 5.81. The molecule has 0 aliphatic carbocycles. The molecule has 9 heteroatoms. The van der Waals surface area contributed by atoms with Crippen LogP contribution < -0.4 is 5.32 Å². The molecule has 0 radical (unpaired) electrons. The van der Waals surface area contributed by atoms with Crippen LogP contribution in [0.1, 0.15) is 19.5 Å². The maximum atomic E-state index is 12.8. The lowest BCUT2D eigenvalue weighted by molar-refractivity contribution is -0.120. The highest BCUT2D eigenvalue weighted by Crippen LogP contribution is 2.32. The van der Waals surface area contributed by atoms with E-state index in [4.69, 9.17) is 4.98 Å². The lowest BCUT2D eigenvalue weighted by Crippen LogP contribution is -2.41. The van der Waals surface area contributed by atoms with Crippen LogP contribution in [0, 0.1) is 0 Å². The van der Waals surface area contributed by atoms with Crippen LogP contribution in [0.5, 0.6) is 0 Å². The molecule has 1 aromatic carbocycles. The zero-order valence-electron chi connectivity index (χ0n) is 17.1. The van der Waals surface area contributed by atoms with Crippen molar-refractivity contribution in [2.45, 2.75) is 35.9 Å². The summed E-state index contributed by atoms with van der Waals surface area (Å²) in [6, 6.07) is 5.64. The minimum Gasteiger partial charge on any atom is -0.348 e. The van der Waals surface area contributed by atoms with Crippen molar-refractivity contribution >= 4 is 56.7 Å². The van der Waals surface area contributed by atoms with Crippen molar-refractivity contribution in [3.05, 3.63) is 36.4 Å². The second-order valence-corrected chi connectivity index (χ2v) is 11.2. The average molecular weight is 450 g/mol. The number of thioether (sulfide) groups is 2. The first-order chi connectivity index (χ1) is 13.9. The lowest BCUT2D eigenvalue weighted by Gasteiger charge is -2.22. The van der Waals surface area contributed by atoms with E-state index in [9.17, 15) is 4.79 Å². The Morgan fingerprint density at radius 2 is 2.14 bits per heavy atom. The van der Waals surface area contributed by atoms with Crippen molar-refractivity contribution in [3.63, 3.8) is 0 Å². The first-order valence-electron chi connectivity index (χ1n) is 9.52. The van der Waals surface area contributed by atoms with E-state index in [1.165, 1.54) is 0 Å². The SMILES string of the molecule is CC(C)SCCSc1nc2ccc(NC(=O)C(Cc3cnc[nH]3)N(C)C)cc2s1. The number of aromatic nitrogens is 3. The van der Waals surface area contributed by atoms with Crippen LogP contribution >= 0.6 is 34.9 Å². The Labute approximate surface area is 184 Å². The number of fused-ring (bicyclic) bond motifs is 1. The van der Waals surface area contributed by atoms with E-state index in [-0.39, 0.29) is 11.9 Å². The molecule has 0 aliphatic rings. The van der Waals surface area contributed by atoms with Gasteiger partial charge in [-0.05, 0) is 37.5 Å². The van der Waals surface area contributed by atoms with E-state index in [1.807, 2.05) is 49.0 Å². The molecule has 0 saturated heterocycles. The fraction of sp³-hybridized carbons (Fsp3) is 0.450. The van der Waals surface area contributed by atoms with Gasteiger partial charge >= 0.3 is 0 Å². The van der Waals surface area contributed by atoms with Crippen molar-refractivity contribution in [1.29, 1.82) is 0 Å². The number of rotatable bonds is 10. The number of H-pyrrole nitrogens is 1. The number of hydrogen-bond donors (Lipinski definition) is 2. The first-order valence-corrected chi connectivity index (χ1v) is 12.4. The summed E-state index contributed by atoms with van der Waals surface area (Å²) in [7, 11) is 3.82. The molecule has 1 atom stereocenters. The summed E-state index contributed by atoms with van der Waals surface area (Å²) in [6.07, 6.45) is 3.97. The van der Waals surface area contributed by atoms with Crippen LogP contribution in [0.2, 0.25) is 0 Å². The number of anilines is 1. The van der Waals surface area contributed by atoms with Gasteiger partial charge in [0.2, 0.25) is 5.91 Å². The molecule has 2 heterocycles. The number of amides is 1. The number of carbonyl (C=O) groups excluding carboxylic acids is 1. The highest BCUT2D eigenvalue weighted by Gasteiger charge is 2.22. The highest BCUT2D eigenvalue weighted by atomic mass is 32.2. The summed E-state index contributed by atoms with van der Waals surface area (Å²) in [5.41, 5.74) is 2.72. The van der Waals surface area contributed by atoms with Gasteiger partial charge in [-0.25, -0.2) is 9.97 Å². The molecule has 2 N–H and O–H groups in total. The molecule has 2 aromatic heterocycles. The molecule has 1 unspecified atom stereocenters. The van der Waals surface area contributed by atoms with Gasteiger partial charge in [-0.1, -0.05) is 25.6 Å². The number of benzene rings is 1. The standard InChI is InChI=1S/C20H27N5OS3/c1-13(2)27-7-8-28-20-24-16-6-5-14(10-18(16)29-20)23-19(26)17(25(3)4)9-15-11-21-12-22-15/h5-6,10-13,17H,7-9H2,1-4H3,(H,21,22)(H,23,26). The maximum Gasteiger partial charge on any atom is 0.242 e. The molecule has 0 saturated carbocycles. The van der Waals surface area contributed by atoms with Gasteiger partial charge in [0.15, 0.2) is 4.34 Å². The lowest BCUT2D eigenvalue weighted by atomic mass is 10.1. The van der Waals surface area contributed by atoms with Crippen LogP contribution in [-0.4, -0.2) is 62.7 Å². The zero-order chi connectivity index (χ0) is 20.8. The van der Waals surface area contributed by atoms with Gasteiger partial charge in [-0.15, -0.1) is 11.3 Å². The summed E-state index contributed by atoms with van der Waals surface area (Å²) in [5.74, 6) is 2.15. The first kappa shape index (κ1) is 22.1. The number of nitrogens with zero attached hydrogens (tertiary/aromatic N) is 3. The largest absolute Gasteiger partial charge is 0.348 e. The Hall–Kier alpha value is -1.55. The van der Waals surface area contributed by atoms with Gasteiger partial charge in [0.05, 0.1) is 22.6 Å². The maximum absolute atomic E-state index is 12.8. The average Bonchev–Trinajstić information content (AvgIpc) is 3.31. The molecule has 3 rings (SSSR count). The molecular formula is C20H27N5OS3. The normalized spacial score (nSPS) is 12.8. The van der Waals surface area contributed by atoms with Gasteiger partial charge in [0.25, 0.3) is 0 Å². The van der Waals surface area contributed by atoms with Crippen molar-refractivity contribution < 1.29 is 4.79 Å². The highest BCUT2D eigenvalue weighted by molar-refractivity contribution is 8.04. The van der Waals surface area contributed by atoms with E-state index >= 15 is 0 Å². The second-order valence-electron chi connectivity index (χ2n) is 7.18. The summed E-state index contributed by atoms with van der Waals surface area (Å²) < 4.78 is 2.18. The van der Waals surface area contributed by atoms with Crippen LogP contribution in [0.3, 0.4) is 0 Å². The quantitative estimate of drug-likeness (QED) is 0.354. The Morgan fingerprint density at radius 1 is 1.31 bits per heavy atom. The minimum atomic E-state index is -0.280. The van der Waals surface area contributed by atoms with Gasteiger partial charge in [-0.2, -0.15) is 11.8 Å². The Balaban J connectivity index is 1.63. The third kappa shape index (κ3) is 6.47. The molecule has 29 heavy (non-hydrogen) atoms. The van der Waals surface area contributed by atoms with Crippen LogP contribution in [0.4, 0.5) is 5.69 Å². The van der Waals surface area contributed by atoms with E-state index < -0.39 is 0 Å². The summed E-state index contributed by atoms with van der Waals surface area (Å²) in [4.78, 5) is 26.6. The summed E-state index contributed by atoms with van der Waals surface area (Å²) in [6.45, 7) is 4.44. The van der Waals surface area contributed by atoms with Gasteiger partial charge in [0, 0.05) is 35.5 Å². The van der Waals surface area contributed by atoms with Crippen molar-refractivity contribution in [3.8, 4) is 0 Å². The number of thiazole rings is 1. The Kier molecular flexibility index (Phi) is 7.99. The van der Waals surface area contributed by atoms with E-state index in [0.29, 0.717) is 11.7 Å². The molecule has 1 amide bonds. The smallest absolute Gasteiger partial charge is 0.242 e. The van der Waals surface area contributed by atoms with Crippen molar-refractivity contribution in [1.82, 2.24) is 19.9 Å². The molecule has 0 spiro atoms. The van der Waals surface area contributed by atoms with E-state index in [2.05, 4.69) is 29.1 Å². The number of nitrogens with one attached hydrogen (secondary N) is 2. The third-order valence-corrected chi connectivity index (χ3v) is 7.82. The zero-order valence-corrected chi connectivity index (χ0v) is 19.6. The van der Waals surface area contributed by atoms with E-state index in [1.54, 1.807) is 35.6 Å². The van der Waals surface area contributed by atoms with Crippen molar-refractivity contribution in [2.75, 3.05) is 30.9 Å². The predicted molar refractivity (Wildman–Crippen MR) is 126 cm³/mol. The predicted octanol–water partition coefficient (Wildman–Crippen LogP) is 4.36. The molecule has 156 valence electrons. The minimum absolute atomic E-state index is 0.0335. The Bertz CT molecular complexity index is 923. The fourth-order valence-electron chi connectivity index (χ4n) is 2.80. The van der Waals surface area contributed by atoms with Crippen LogP contribution in [0.15, 0.2) is 35.1 Å².